The Morgan fingerprint density at radius 2 is 2.06 bits per heavy atom. The van der Waals surface area contributed by atoms with Crippen LogP contribution in [0.4, 0.5) is 5.69 Å². The van der Waals surface area contributed by atoms with Crippen LogP contribution in [0.1, 0.15) is 31.7 Å². The molecule has 1 heterocycles. The number of fused-ring (bicyclic) bond motifs is 1. The molecule has 92 valence electrons. The van der Waals surface area contributed by atoms with Crippen molar-refractivity contribution in [2.75, 3.05) is 11.4 Å². The van der Waals surface area contributed by atoms with Crippen molar-refractivity contribution in [2.24, 2.45) is 11.7 Å². The third-order valence-electron chi connectivity index (χ3n) is 4.26. The van der Waals surface area contributed by atoms with Crippen LogP contribution in [0.5, 0.6) is 0 Å². The van der Waals surface area contributed by atoms with Gasteiger partial charge in [0, 0.05) is 24.3 Å². The third-order valence-corrected chi connectivity index (χ3v) is 4.26. The molecule has 2 nitrogen and oxygen atoms in total. The minimum Gasteiger partial charge on any atom is -0.368 e. The largest absolute Gasteiger partial charge is 0.368 e. The smallest absolute Gasteiger partial charge is 0.0401 e. The summed E-state index contributed by atoms with van der Waals surface area (Å²) in [7, 11) is 0. The van der Waals surface area contributed by atoms with Crippen molar-refractivity contribution in [1.29, 1.82) is 0 Å². The summed E-state index contributed by atoms with van der Waals surface area (Å²) in [5, 5.41) is 0. The Morgan fingerprint density at radius 1 is 1.24 bits per heavy atom. The van der Waals surface area contributed by atoms with E-state index in [9.17, 15) is 0 Å². The number of hydrogen-bond acceptors (Lipinski definition) is 2. The summed E-state index contributed by atoms with van der Waals surface area (Å²) in [4.78, 5) is 2.62. The normalized spacial score (nSPS) is 32.6. The van der Waals surface area contributed by atoms with Gasteiger partial charge in [0.25, 0.3) is 0 Å². The van der Waals surface area contributed by atoms with Gasteiger partial charge in [-0.2, -0.15) is 0 Å². The lowest BCUT2D eigenvalue weighted by Gasteiger charge is -2.39. The Balaban J connectivity index is 1.90. The van der Waals surface area contributed by atoms with E-state index in [1.54, 1.807) is 0 Å². The predicted octanol–water partition coefficient (Wildman–Crippen LogP) is 2.57. The molecule has 3 rings (SSSR count). The van der Waals surface area contributed by atoms with Crippen molar-refractivity contribution in [3.05, 3.63) is 29.8 Å². The van der Waals surface area contributed by atoms with E-state index in [-0.39, 0.29) is 0 Å². The Hall–Kier alpha value is -1.02. The van der Waals surface area contributed by atoms with Gasteiger partial charge in [-0.25, -0.2) is 0 Å². The zero-order chi connectivity index (χ0) is 11.8. The number of rotatable bonds is 1. The Labute approximate surface area is 104 Å². The zero-order valence-corrected chi connectivity index (χ0v) is 10.6. The molecule has 0 aromatic heterocycles. The fraction of sp³-hybridized carbons (Fsp3) is 0.600. The minimum absolute atomic E-state index is 0.421. The summed E-state index contributed by atoms with van der Waals surface area (Å²) in [5.41, 5.74) is 9.04. The van der Waals surface area contributed by atoms with Crippen molar-refractivity contribution < 1.29 is 0 Å². The highest BCUT2D eigenvalue weighted by Gasteiger charge is 2.31. The second kappa shape index (κ2) is 4.34. The Morgan fingerprint density at radius 3 is 2.82 bits per heavy atom. The first-order valence-corrected chi connectivity index (χ1v) is 6.84. The summed E-state index contributed by atoms with van der Waals surface area (Å²) < 4.78 is 0. The minimum atomic E-state index is 0.421. The maximum Gasteiger partial charge on any atom is 0.0401 e. The van der Waals surface area contributed by atoms with Gasteiger partial charge >= 0.3 is 0 Å². The van der Waals surface area contributed by atoms with Gasteiger partial charge in [0.15, 0.2) is 0 Å². The van der Waals surface area contributed by atoms with Crippen LogP contribution in [-0.4, -0.2) is 18.6 Å². The zero-order valence-electron chi connectivity index (χ0n) is 10.6. The number of anilines is 1. The van der Waals surface area contributed by atoms with Crippen molar-refractivity contribution in [3.8, 4) is 0 Å². The molecule has 0 bridgehead atoms. The second-order valence-electron chi connectivity index (χ2n) is 5.82. The molecule has 3 unspecified atom stereocenters. The molecule has 1 aromatic carbocycles. The molecular weight excluding hydrogens is 208 g/mol. The average molecular weight is 230 g/mol. The molecular formula is C15H22N2. The molecule has 2 aliphatic rings. The lowest BCUT2D eigenvalue weighted by molar-refractivity contribution is 0.480. The first-order chi connectivity index (χ1) is 8.24. The lowest BCUT2D eigenvalue weighted by Crippen LogP contribution is -2.41. The average Bonchev–Trinajstić information content (AvgIpc) is 2.74. The maximum atomic E-state index is 6.06. The van der Waals surface area contributed by atoms with Gasteiger partial charge in [-0.1, -0.05) is 25.1 Å². The van der Waals surface area contributed by atoms with Gasteiger partial charge in [0.2, 0.25) is 0 Å². The fourth-order valence-electron chi connectivity index (χ4n) is 3.46. The van der Waals surface area contributed by atoms with Crippen LogP contribution in [0.15, 0.2) is 24.3 Å². The van der Waals surface area contributed by atoms with Gasteiger partial charge in [0.1, 0.15) is 0 Å². The van der Waals surface area contributed by atoms with Crippen LogP contribution < -0.4 is 10.6 Å². The predicted molar refractivity (Wildman–Crippen MR) is 72.3 cm³/mol. The summed E-state index contributed by atoms with van der Waals surface area (Å²) in [6.07, 6.45) is 4.85. The fourth-order valence-corrected chi connectivity index (χ4v) is 3.46. The quantitative estimate of drug-likeness (QED) is 0.803. The monoisotopic (exact) mass is 230 g/mol. The van der Waals surface area contributed by atoms with Gasteiger partial charge in [-0.3, -0.25) is 0 Å². The van der Waals surface area contributed by atoms with Gasteiger partial charge in [0.05, 0.1) is 0 Å². The maximum absolute atomic E-state index is 6.06. The van der Waals surface area contributed by atoms with Crippen LogP contribution in [0, 0.1) is 5.92 Å². The van der Waals surface area contributed by atoms with E-state index in [1.807, 2.05) is 0 Å². The molecule has 1 aliphatic heterocycles. The van der Waals surface area contributed by atoms with E-state index < -0.39 is 0 Å². The summed E-state index contributed by atoms with van der Waals surface area (Å²) >= 11 is 0. The van der Waals surface area contributed by atoms with Gasteiger partial charge in [-0.15, -0.1) is 0 Å². The number of benzene rings is 1. The van der Waals surface area contributed by atoms with Crippen LogP contribution in [0.3, 0.4) is 0 Å². The number of para-hydroxylation sites is 1. The van der Waals surface area contributed by atoms with E-state index in [2.05, 4.69) is 36.1 Å². The molecule has 1 fully saturated rings. The summed E-state index contributed by atoms with van der Waals surface area (Å²) in [6.45, 7) is 3.56. The first kappa shape index (κ1) is 11.1. The highest BCUT2D eigenvalue weighted by Crippen LogP contribution is 2.35. The van der Waals surface area contributed by atoms with Crippen molar-refractivity contribution in [2.45, 2.75) is 44.7 Å². The van der Waals surface area contributed by atoms with Crippen LogP contribution in [0.2, 0.25) is 0 Å². The third kappa shape index (κ3) is 2.06. The molecule has 0 spiro atoms. The Kier molecular flexibility index (Phi) is 2.83. The Bertz CT molecular complexity index is 402. The molecule has 0 amide bonds. The number of nitrogens with two attached hydrogens (primary N) is 1. The molecule has 2 N–H and O–H groups in total. The number of nitrogens with zero attached hydrogens (tertiary/aromatic N) is 1. The molecule has 17 heavy (non-hydrogen) atoms. The second-order valence-corrected chi connectivity index (χ2v) is 5.82. The van der Waals surface area contributed by atoms with E-state index >= 15 is 0 Å². The molecule has 2 heteroatoms. The first-order valence-electron chi connectivity index (χ1n) is 6.84. The standard InChI is InChI=1S/C15H22N2/c1-11-8-12-4-2-3-5-15(12)17(10-11)14-7-6-13(16)9-14/h2-5,11,13-14H,6-10,16H2,1H3. The highest BCUT2D eigenvalue weighted by atomic mass is 15.2. The van der Waals surface area contributed by atoms with Crippen LogP contribution in [0.25, 0.3) is 0 Å². The van der Waals surface area contributed by atoms with Gasteiger partial charge in [-0.05, 0) is 43.2 Å². The van der Waals surface area contributed by atoms with Crippen LogP contribution >= 0.6 is 0 Å². The number of hydrogen-bond donors (Lipinski definition) is 1. The molecule has 0 radical (unpaired) electrons. The van der Waals surface area contributed by atoms with Crippen LogP contribution in [-0.2, 0) is 6.42 Å². The van der Waals surface area contributed by atoms with Gasteiger partial charge < -0.3 is 10.6 Å². The van der Waals surface area contributed by atoms with Crippen molar-refractivity contribution in [1.82, 2.24) is 0 Å². The topological polar surface area (TPSA) is 29.3 Å². The molecule has 3 atom stereocenters. The van der Waals surface area contributed by atoms with Crippen molar-refractivity contribution in [3.63, 3.8) is 0 Å². The van der Waals surface area contributed by atoms with E-state index in [0.717, 1.165) is 5.92 Å². The van der Waals surface area contributed by atoms with Crippen molar-refractivity contribution >= 4 is 5.69 Å². The molecule has 1 aliphatic carbocycles. The van der Waals surface area contributed by atoms with E-state index in [0.29, 0.717) is 12.1 Å². The molecule has 1 aromatic rings. The molecule has 0 saturated heterocycles. The highest BCUT2D eigenvalue weighted by molar-refractivity contribution is 5.56. The lowest BCUT2D eigenvalue weighted by atomic mass is 9.92. The SMILES string of the molecule is CC1Cc2ccccc2N(C2CCC(N)C2)C1. The van der Waals surface area contributed by atoms with E-state index in [1.165, 1.54) is 43.5 Å². The summed E-state index contributed by atoms with van der Waals surface area (Å²) in [6, 6.07) is 9.99. The summed E-state index contributed by atoms with van der Waals surface area (Å²) in [5.74, 6) is 0.765. The molecule has 1 saturated carbocycles. The van der Waals surface area contributed by atoms with E-state index in [4.69, 9.17) is 5.73 Å².